The van der Waals surface area contributed by atoms with Crippen molar-refractivity contribution in [3.05, 3.63) is 23.9 Å². The van der Waals surface area contributed by atoms with E-state index in [4.69, 9.17) is 38.5 Å². The van der Waals surface area contributed by atoms with Crippen molar-refractivity contribution in [3.63, 3.8) is 0 Å². The molecule has 14 nitrogen and oxygen atoms in total. The van der Waals surface area contributed by atoms with Crippen LogP contribution >= 0.6 is 7.60 Å². The van der Waals surface area contributed by atoms with Crippen LogP contribution in [0.25, 0.3) is 5.52 Å². The van der Waals surface area contributed by atoms with Crippen molar-refractivity contribution >= 4 is 31.2 Å². The largest absolute Gasteiger partial charge is 0.510 e. The summed E-state index contributed by atoms with van der Waals surface area (Å²) < 4.78 is 62.9. The first-order valence-electron chi connectivity index (χ1n) is 11.8. The van der Waals surface area contributed by atoms with E-state index in [9.17, 15) is 18.5 Å². The van der Waals surface area contributed by atoms with E-state index in [2.05, 4.69) is 10.1 Å². The fourth-order valence-electron chi connectivity index (χ4n) is 2.98. The van der Waals surface area contributed by atoms with Crippen LogP contribution in [0.5, 0.6) is 0 Å². The van der Waals surface area contributed by atoms with E-state index in [1.807, 2.05) is 0 Å². The molecule has 16 heteroatoms. The lowest BCUT2D eigenvalue weighted by molar-refractivity contribution is -0.0367. The number of carbonyl (C=O) groups excluding carboxylic acids is 2. The maximum absolute atomic E-state index is 13.5. The molecule has 0 radical (unpaired) electrons. The number of anilines is 1. The first-order valence-corrected chi connectivity index (χ1v) is 13.6. The number of ether oxygens (including phenoxy) is 5. The van der Waals surface area contributed by atoms with Crippen LogP contribution in [0.3, 0.4) is 0 Å². The van der Waals surface area contributed by atoms with Crippen molar-refractivity contribution in [2.75, 3.05) is 25.7 Å². The van der Waals surface area contributed by atoms with Gasteiger partial charge < -0.3 is 29.4 Å². The second kappa shape index (κ2) is 14.8. The molecule has 1 unspecified atom stereocenters. The lowest BCUT2D eigenvalue weighted by atomic mass is 10.1. The highest BCUT2D eigenvalue weighted by Crippen LogP contribution is 2.48. The Morgan fingerprint density at radius 1 is 1.03 bits per heavy atom. The Bertz CT molecular complexity index is 1080. The highest BCUT2D eigenvalue weighted by molar-refractivity contribution is 7.53. The zero-order valence-corrected chi connectivity index (χ0v) is 22.9. The fraction of sp³-hybridized carbons (Fsp3) is 0.636. The molecular formula is C22H34FN4O10P. The smallest absolute Gasteiger partial charge is 0.432 e. The Morgan fingerprint density at radius 2 is 1.61 bits per heavy atom. The van der Waals surface area contributed by atoms with E-state index in [1.165, 1.54) is 4.52 Å². The molecule has 2 aromatic rings. The quantitative estimate of drug-likeness (QED) is 0.183. The number of aromatic nitrogens is 3. The standard InChI is InChI=1S/C22H34FN4O10P/c1-14(2)36-21(28)31-11-34-38(30,35-12-32-22(29)37-15(3)4)13-33-16(5)7-6-8-17-9-10-18-19(24)25-20(23)26-27(17)18/h9-10,14-16H,6-8,11-13H2,1-5H3,(H2,24,25,26). The van der Waals surface area contributed by atoms with E-state index in [0.717, 1.165) is 5.69 Å². The summed E-state index contributed by atoms with van der Waals surface area (Å²) in [6.45, 7) is 6.74. The van der Waals surface area contributed by atoms with Crippen molar-refractivity contribution in [3.8, 4) is 0 Å². The molecule has 0 bridgehead atoms. The number of halogens is 1. The average molecular weight is 565 g/mol. The molecule has 0 aromatic carbocycles. The number of aryl methyl sites for hydroxylation is 1. The maximum atomic E-state index is 13.5. The minimum Gasteiger partial charge on any atom is -0.432 e. The van der Waals surface area contributed by atoms with Crippen molar-refractivity contribution in [1.82, 2.24) is 14.6 Å². The number of nitrogens with two attached hydrogens (primary N) is 1. The molecule has 0 amide bonds. The van der Waals surface area contributed by atoms with Crippen LogP contribution in [-0.2, 0) is 43.7 Å². The molecule has 0 aliphatic carbocycles. The van der Waals surface area contributed by atoms with E-state index >= 15 is 0 Å². The van der Waals surface area contributed by atoms with Crippen molar-refractivity contribution in [1.29, 1.82) is 0 Å². The van der Waals surface area contributed by atoms with E-state index in [0.29, 0.717) is 24.8 Å². The summed E-state index contributed by atoms with van der Waals surface area (Å²) in [5.74, 6) is 0.0408. The molecule has 2 heterocycles. The summed E-state index contributed by atoms with van der Waals surface area (Å²) in [5.41, 5.74) is 6.95. The number of hydrogen-bond donors (Lipinski definition) is 1. The average Bonchev–Trinajstić information content (AvgIpc) is 3.20. The van der Waals surface area contributed by atoms with Gasteiger partial charge in [-0.2, -0.15) is 9.37 Å². The van der Waals surface area contributed by atoms with Gasteiger partial charge in [-0.25, -0.2) is 14.1 Å². The molecule has 38 heavy (non-hydrogen) atoms. The van der Waals surface area contributed by atoms with Gasteiger partial charge in [-0.3, -0.25) is 13.6 Å². The number of nitrogens with zero attached hydrogens (tertiary/aromatic N) is 3. The van der Waals surface area contributed by atoms with Crippen LogP contribution < -0.4 is 5.73 Å². The monoisotopic (exact) mass is 564 g/mol. The summed E-state index contributed by atoms with van der Waals surface area (Å²) in [4.78, 5) is 26.6. The molecule has 1 atom stereocenters. The Labute approximate surface area is 219 Å². The van der Waals surface area contributed by atoms with Crippen molar-refractivity contribution < 1.29 is 51.3 Å². The van der Waals surface area contributed by atoms with Crippen LogP contribution in [0.1, 0.15) is 53.2 Å². The minimum atomic E-state index is -4.04. The van der Waals surface area contributed by atoms with Crippen LogP contribution in [0.15, 0.2) is 12.1 Å². The molecule has 0 aliphatic rings. The van der Waals surface area contributed by atoms with Crippen LogP contribution in [0, 0.1) is 6.08 Å². The van der Waals surface area contributed by atoms with Gasteiger partial charge in [-0.1, -0.05) is 0 Å². The zero-order chi connectivity index (χ0) is 28.3. The Hall–Kier alpha value is -3.00. The number of hydrogen-bond acceptors (Lipinski definition) is 13. The summed E-state index contributed by atoms with van der Waals surface area (Å²) in [5, 5.41) is 3.74. The molecule has 0 spiro atoms. The van der Waals surface area contributed by atoms with Gasteiger partial charge in [0.15, 0.2) is 5.82 Å². The lowest BCUT2D eigenvalue weighted by Crippen LogP contribution is -2.18. The molecule has 0 aliphatic heterocycles. The predicted molar refractivity (Wildman–Crippen MR) is 131 cm³/mol. The highest BCUT2D eigenvalue weighted by atomic mass is 31.2. The molecule has 2 rings (SSSR count). The summed E-state index contributed by atoms with van der Waals surface area (Å²) in [6.07, 6.45) is -3.11. The van der Waals surface area contributed by atoms with Gasteiger partial charge in [-0.05, 0) is 66.0 Å². The number of nitrogen functional groups attached to an aromatic ring is 1. The Kier molecular flexibility index (Phi) is 12.2. The zero-order valence-electron chi connectivity index (χ0n) is 22.0. The van der Waals surface area contributed by atoms with E-state index in [1.54, 1.807) is 46.8 Å². The minimum absolute atomic E-state index is 0.0408. The molecule has 2 aromatic heterocycles. The van der Waals surface area contributed by atoms with E-state index < -0.39 is 64.2 Å². The first-order chi connectivity index (χ1) is 17.9. The second-order valence-electron chi connectivity index (χ2n) is 8.61. The normalized spacial score (nSPS) is 12.6. The van der Waals surface area contributed by atoms with Crippen LogP contribution in [0.2, 0.25) is 0 Å². The van der Waals surface area contributed by atoms with Gasteiger partial charge in [0.25, 0.3) is 0 Å². The van der Waals surface area contributed by atoms with Crippen LogP contribution in [-0.4, -0.2) is 65.2 Å². The van der Waals surface area contributed by atoms with Crippen LogP contribution in [0.4, 0.5) is 19.8 Å². The van der Waals surface area contributed by atoms with Crippen molar-refractivity contribution in [2.45, 2.75) is 72.2 Å². The predicted octanol–water partition coefficient (Wildman–Crippen LogP) is 4.40. The summed E-state index contributed by atoms with van der Waals surface area (Å²) in [6, 6.07) is 3.48. The Morgan fingerprint density at radius 3 is 2.16 bits per heavy atom. The van der Waals surface area contributed by atoms with Crippen molar-refractivity contribution in [2.24, 2.45) is 0 Å². The summed E-state index contributed by atoms with van der Waals surface area (Å²) >= 11 is 0. The molecule has 2 N–H and O–H groups in total. The fourth-order valence-corrected chi connectivity index (χ4v) is 4.07. The highest BCUT2D eigenvalue weighted by Gasteiger charge is 2.28. The van der Waals surface area contributed by atoms with E-state index in [-0.39, 0.29) is 5.82 Å². The lowest BCUT2D eigenvalue weighted by Gasteiger charge is -2.21. The topological polar surface area (TPSA) is 172 Å². The molecule has 214 valence electrons. The molecule has 0 saturated heterocycles. The third-order valence-corrected chi connectivity index (χ3v) is 6.13. The third-order valence-electron chi connectivity index (χ3n) is 4.67. The first kappa shape index (κ1) is 31.2. The molecular weight excluding hydrogens is 530 g/mol. The second-order valence-corrected chi connectivity index (χ2v) is 10.6. The van der Waals surface area contributed by atoms with Gasteiger partial charge in [0.1, 0.15) is 11.9 Å². The molecule has 0 fully saturated rings. The maximum Gasteiger partial charge on any atom is 0.510 e. The van der Waals surface area contributed by atoms with Gasteiger partial charge >= 0.3 is 26.0 Å². The SMILES string of the molecule is CC(C)OC(=O)OCOP(=O)(COC(C)CCCc1ccc2c(N)nc(F)nn12)OCOC(=O)OC(C)C. The third kappa shape index (κ3) is 10.8. The van der Waals surface area contributed by atoms with Gasteiger partial charge in [-0.15, -0.1) is 5.10 Å². The van der Waals surface area contributed by atoms with Gasteiger partial charge in [0.2, 0.25) is 13.6 Å². The number of rotatable bonds is 15. The number of fused-ring (bicyclic) bond motifs is 1. The number of carbonyl (C=O) groups is 2. The van der Waals surface area contributed by atoms with Gasteiger partial charge in [0, 0.05) is 5.69 Å². The van der Waals surface area contributed by atoms with Gasteiger partial charge in [0.05, 0.1) is 18.3 Å². The molecule has 0 saturated carbocycles. The Balaban J connectivity index is 1.87. The summed E-state index contributed by atoms with van der Waals surface area (Å²) in [7, 11) is -4.04.